The van der Waals surface area contributed by atoms with Crippen molar-refractivity contribution in [1.82, 2.24) is 59.8 Å². The molecule has 0 unspecified atom stereocenters. The molecule has 0 amide bonds. The third-order valence-corrected chi connectivity index (χ3v) is 23.6. The summed E-state index contributed by atoms with van der Waals surface area (Å²) in [5.74, 6) is 2.32. The summed E-state index contributed by atoms with van der Waals surface area (Å²) >= 11 is 0. The summed E-state index contributed by atoms with van der Waals surface area (Å²) in [6.45, 7) is 10.1. The quantitative estimate of drug-likeness (QED) is 0.0167. The summed E-state index contributed by atoms with van der Waals surface area (Å²) in [5.41, 5.74) is 4.96. The van der Waals surface area contributed by atoms with Crippen molar-refractivity contribution in [1.29, 1.82) is 0 Å². The zero-order valence-corrected chi connectivity index (χ0v) is 75.2. The number of rotatable bonds is 23. The van der Waals surface area contributed by atoms with Crippen LogP contribution in [0.2, 0.25) is 0 Å². The van der Waals surface area contributed by atoms with Crippen LogP contribution >= 0.6 is 0 Å². The van der Waals surface area contributed by atoms with Crippen molar-refractivity contribution in [2.45, 2.75) is 72.6 Å². The predicted octanol–water partition coefficient (Wildman–Crippen LogP) is 25.8. The molecule has 0 aliphatic carbocycles. The number of phenolic OH excluding ortho intramolecular Hbond substituents is 8. The van der Waals surface area contributed by atoms with Gasteiger partial charge in [0, 0.05) is 46.5 Å². The van der Waals surface area contributed by atoms with Gasteiger partial charge in [0.25, 0.3) is 0 Å². The van der Waals surface area contributed by atoms with Crippen molar-refractivity contribution in [3.8, 4) is 161 Å². The lowest BCUT2D eigenvalue weighted by Gasteiger charge is -2.14. The molecule has 8 N–H and O–H groups in total. The Morgan fingerprint density at radius 1 is 0.197 bits per heavy atom. The van der Waals surface area contributed by atoms with Crippen LogP contribution in [-0.4, -0.2) is 127 Å². The fourth-order valence-corrected chi connectivity index (χ4v) is 17.1. The van der Waals surface area contributed by atoms with Crippen LogP contribution in [0.5, 0.6) is 70.0 Å². The molecule has 24 heteroatoms. The van der Waals surface area contributed by atoms with Gasteiger partial charge in [0.1, 0.15) is 46.0 Å². The number of fused-ring (bicyclic) bond motifs is 9. The Kier molecular flexibility index (Phi) is 25.6. The van der Waals surface area contributed by atoms with Crippen molar-refractivity contribution in [3.63, 3.8) is 0 Å². The molecule has 137 heavy (non-hydrogen) atoms. The lowest BCUT2D eigenvalue weighted by Crippen LogP contribution is -2.05. The predicted molar refractivity (Wildman–Crippen MR) is 539 cm³/mol. The zero-order chi connectivity index (χ0) is 94.2. The zero-order valence-electron chi connectivity index (χ0n) is 75.2. The molecule has 0 fully saturated rings. The topological polar surface area (TPSA) is 353 Å². The van der Waals surface area contributed by atoms with Crippen LogP contribution in [0, 0.1) is 0 Å². The van der Waals surface area contributed by atoms with Gasteiger partial charge in [-0.15, -0.1) is 0 Å². The van der Waals surface area contributed by atoms with E-state index in [4.69, 9.17) is 38.9 Å². The molecular weight excluding hydrogens is 1720 g/mol. The van der Waals surface area contributed by atoms with Gasteiger partial charge in [0.2, 0.25) is 0 Å². The number of phenols is 8. The number of unbranched alkanes of at least 4 members (excludes halogenated alkanes) is 3. The summed E-state index contributed by atoms with van der Waals surface area (Å²) in [7, 11) is 0. The summed E-state index contributed by atoms with van der Waals surface area (Å²) in [6.07, 6.45) is 6.70. The minimum absolute atomic E-state index is 0.0327. The van der Waals surface area contributed by atoms with Gasteiger partial charge < -0.3 is 59.8 Å². The molecule has 4 aromatic heterocycles. The van der Waals surface area contributed by atoms with Crippen molar-refractivity contribution in [3.05, 3.63) is 303 Å². The third kappa shape index (κ3) is 18.9. The van der Waals surface area contributed by atoms with Crippen LogP contribution in [0.25, 0.3) is 199 Å². The van der Waals surface area contributed by atoms with Gasteiger partial charge in [0.15, 0.2) is 46.6 Å². The van der Waals surface area contributed by atoms with Crippen molar-refractivity contribution >= 4 is 108 Å². The van der Waals surface area contributed by atoms with Crippen LogP contribution < -0.4 is 18.9 Å². The Morgan fingerprint density at radius 3 is 1.04 bits per heavy atom. The fraction of sp³-hybridized carbons (Fsp3) is 0.133. The first kappa shape index (κ1) is 88.7. The van der Waals surface area contributed by atoms with E-state index >= 15 is 0 Å². The molecule has 0 radical (unpaired) electrons. The van der Waals surface area contributed by atoms with E-state index in [1.807, 2.05) is 118 Å². The van der Waals surface area contributed by atoms with Gasteiger partial charge in [-0.25, -0.2) is 19.9 Å². The average Bonchev–Trinajstić information content (AvgIpc) is 0.737. The summed E-state index contributed by atoms with van der Waals surface area (Å²) < 4.78 is 23.3. The second kappa shape index (κ2) is 39.5. The molecule has 0 aliphatic rings. The number of aromatic hydroxyl groups is 8. The fourth-order valence-electron chi connectivity index (χ4n) is 17.1. The molecule has 0 saturated heterocycles. The van der Waals surface area contributed by atoms with Gasteiger partial charge in [-0.2, -0.15) is 39.9 Å². The number of hydrogen-bond acceptors (Lipinski definition) is 24. The molecule has 24 nitrogen and oxygen atoms in total. The minimum Gasteiger partial charge on any atom is -0.508 e. The Balaban J connectivity index is 0.000000117. The maximum Gasteiger partial charge on any atom is 0.320 e. The highest BCUT2D eigenvalue weighted by Crippen LogP contribution is 2.45. The standard InChI is InChI=1S/C31H27N3O3.C30H23N3O3.2C26H21N3O3/c1-2-3-4-5-17-37-31-33-29(32-30(34-31)25-16-13-22(35)18-26(25)36)24-15-12-21-10-9-19-7-6-8-20-11-14-23(24)28(21)27(19)20;1-2-15-36-30-32-28(24-14-12-19(34)16-27(24)35)31-29(33-30)26-17-25-20-8-4-3-7-18(20)11-13-23(25)21-9-5-6-10-22(21)26;1-2-13-32-26-28-24(21-12-11-18(30)15-22(21)31)27-25(29-26)23-19-9-5-3-7-16(19)14-17-8-4-6-10-20(17)23;1-2-11-32-26-28-24(27-25(29-26)22-10-9-21(30)15-23(22)31)19-8-7-18-12-16-5-3-4-6-17(16)13-20(18)14-19/h6-16,18,35-36H,2-5,17H2,1H3;3-14,16-17,34-35H,2,15H2,1H3;3-12,14-15,30-31H,2,13H2,1H3;3-10,12-15,30-31H,2,11H2,1H3. The first-order valence-electron chi connectivity index (χ1n) is 45.5. The second-order valence-electron chi connectivity index (χ2n) is 33.1. The third-order valence-electron chi connectivity index (χ3n) is 23.6. The number of aromatic nitrogens is 12. The van der Waals surface area contributed by atoms with Crippen molar-refractivity contribution < 1.29 is 59.8 Å². The van der Waals surface area contributed by atoms with E-state index in [1.54, 1.807) is 24.3 Å². The number of benzene rings is 18. The first-order chi connectivity index (χ1) is 67.0. The molecule has 22 aromatic rings. The molecule has 4 heterocycles. The Hall–Kier alpha value is -17.5. The normalized spacial score (nSPS) is 11.3. The molecular formula is C113H92N12O12. The second-order valence-corrected chi connectivity index (χ2v) is 33.1. The Morgan fingerprint density at radius 2 is 0.540 bits per heavy atom. The van der Waals surface area contributed by atoms with Gasteiger partial charge in [-0.05, 0) is 218 Å². The lowest BCUT2D eigenvalue weighted by atomic mass is 9.92. The van der Waals surface area contributed by atoms with Crippen LogP contribution in [0.3, 0.4) is 0 Å². The lowest BCUT2D eigenvalue weighted by molar-refractivity contribution is 0.281. The van der Waals surface area contributed by atoms with Crippen LogP contribution in [-0.2, 0) is 0 Å². The van der Waals surface area contributed by atoms with E-state index in [1.165, 1.54) is 75.5 Å². The largest absolute Gasteiger partial charge is 0.508 e. The molecule has 22 rings (SSSR count). The highest BCUT2D eigenvalue weighted by atomic mass is 16.5. The molecule has 0 spiro atoms. The maximum absolute atomic E-state index is 10.5. The Labute approximate surface area is 786 Å². The monoisotopic (exact) mass is 1810 g/mol. The molecule has 18 aromatic carbocycles. The van der Waals surface area contributed by atoms with Crippen LogP contribution in [0.15, 0.2) is 303 Å². The van der Waals surface area contributed by atoms with Crippen LogP contribution in [0.1, 0.15) is 72.6 Å². The van der Waals surface area contributed by atoms with Crippen molar-refractivity contribution in [2.75, 3.05) is 26.4 Å². The molecule has 0 bridgehead atoms. The van der Waals surface area contributed by atoms with Gasteiger partial charge in [-0.3, -0.25) is 0 Å². The van der Waals surface area contributed by atoms with Gasteiger partial charge in [0.05, 0.1) is 48.7 Å². The van der Waals surface area contributed by atoms with E-state index in [0.717, 1.165) is 148 Å². The SMILES string of the molecule is CCCCCCOc1nc(-c2ccc(O)cc2O)nc(-c2ccc3ccc4cccc5ccc2c3c45)n1.CCCOc1nc(-c2ccc(O)cc2O)nc(-c2c3ccccc3cc3ccccc23)n1.CCCOc1nc(-c2ccc(O)cc2O)nc(-c2cc3c4ccccc4ccc3c3ccccc23)n1.CCCOc1nc(-c2ccc3cc4ccccc4cc3c2)nc(-c2ccc(O)cc2O)n1. The summed E-state index contributed by atoms with van der Waals surface area (Å²) in [4.78, 5) is 55.2. The molecule has 676 valence electrons. The Bertz CT molecular complexity index is 8250. The van der Waals surface area contributed by atoms with E-state index in [2.05, 4.69) is 180 Å². The van der Waals surface area contributed by atoms with E-state index < -0.39 is 0 Å². The maximum atomic E-state index is 10.5. The average molecular weight is 1810 g/mol. The first-order valence-corrected chi connectivity index (χ1v) is 45.5. The summed E-state index contributed by atoms with van der Waals surface area (Å²) in [6, 6.07) is 97.1. The number of nitrogens with zero attached hydrogens (tertiary/aromatic N) is 12. The van der Waals surface area contributed by atoms with Gasteiger partial charge >= 0.3 is 24.0 Å². The summed E-state index contributed by atoms with van der Waals surface area (Å²) in [5, 5.41) is 103. The van der Waals surface area contributed by atoms with E-state index in [-0.39, 0.29) is 93.3 Å². The van der Waals surface area contributed by atoms with Gasteiger partial charge in [-0.1, -0.05) is 241 Å². The molecule has 0 atom stereocenters. The molecule has 0 saturated carbocycles. The smallest absolute Gasteiger partial charge is 0.320 e. The van der Waals surface area contributed by atoms with E-state index in [0.29, 0.717) is 72.0 Å². The number of ether oxygens (including phenoxy) is 4. The minimum atomic E-state index is -0.122. The highest BCUT2D eigenvalue weighted by molar-refractivity contribution is 6.26. The van der Waals surface area contributed by atoms with Crippen LogP contribution in [0.4, 0.5) is 0 Å². The molecule has 0 aliphatic heterocycles. The number of hydrogen-bond donors (Lipinski definition) is 8. The van der Waals surface area contributed by atoms with Crippen molar-refractivity contribution in [2.24, 2.45) is 0 Å². The highest BCUT2D eigenvalue weighted by Gasteiger charge is 2.25. The van der Waals surface area contributed by atoms with E-state index in [9.17, 15) is 40.9 Å².